The number of hydrogen-bond donors (Lipinski definition) is 1. The van der Waals surface area contributed by atoms with Gasteiger partial charge >= 0.3 is 5.97 Å². The molecule has 5 nitrogen and oxygen atoms in total. The predicted octanol–water partition coefficient (Wildman–Crippen LogP) is 3.78. The van der Waals surface area contributed by atoms with Gasteiger partial charge in [0.2, 0.25) is 0 Å². The summed E-state index contributed by atoms with van der Waals surface area (Å²) in [5.41, 5.74) is 1.33. The molecule has 0 radical (unpaired) electrons. The van der Waals surface area contributed by atoms with Gasteiger partial charge in [-0.15, -0.1) is 11.3 Å². The molecule has 0 unspecified atom stereocenters. The summed E-state index contributed by atoms with van der Waals surface area (Å²) in [4.78, 5) is 23.8. The monoisotopic (exact) mass is 373 g/mol. The Bertz CT molecular complexity index is 745. The maximum absolute atomic E-state index is 12.1. The van der Waals surface area contributed by atoms with Crippen LogP contribution in [-0.4, -0.2) is 26.1 Å². The van der Waals surface area contributed by atoms with Crippen LogP contribution in [0.3, 0.4) is 0 Å². The molecule has 0 fully saturated rings. The fourth-order valence-electron chi connectivity index (χ4n) is 1.91. The quantitative estimate of drug-likeness (QED) is 0.809. The topological polar surface area (TPSA) is 64.6 Å². The van der Waals surface area contributed by atoms with Crippen molar-refractivity contribution in [1.82, 2.24) is 5.32 Å². The first-order valence-electron chi connectivity index (χ1n) is 6.44. The van der Waals surface area contributed by atoms with Crippen LogP contribution in [0.5, 0.6) is 5.75 Å². The molecule has 1 aromatic carbocycles. The van der Waals surface area contributed by atoms with Crippen LogP contribution < -0.4 is 10.1 Å². The van der Waals surface area contributed by atoms with Crippen LogP contribution in [0, 0.1) is 0 Å². The van der Waals surface area contributed by atoms with Crippen molar-refractivity contribution in [1.29, 1.82) is 0 Å². The Morgan fingerprint density at radius 2 is 1.91 bits per heavy atom. The number of hydrogen-bond acceptors (Lipinski definition) is 5. The summed E-state index contributed by atoms with van der Waals surface area (Å²) < 4.78 is 10.6. The zero-order chi connectivity index (χ0) is 17.0. The van der Waals surface area contributed by atoms with Crippen LogP contribution in [0.4, 0.5) is 0 Å². The van der Waals surface area contributed by atoms with E-state index in [2.05, 4.69) is 5.32 Å². The van der Waals surface area contributed by atoms with E-state index in [9.17, 15) is 9.59 Å². The average molecular weight is 374 g/mol. The van der Waals surface area contributed by atoms with E-state index in [1.807, 2.05) is 0 Å². The van der Waals surface area contributed by atoms with Gasteiger partial charge in [0.15, 0.2) is 0 Å². The summed E-state index contributed by atoms with van der Waals surface area (Å²) in [5.74, 6) is -0.448. The highest BCUT2D eigenvalue weighted by Crippen LogP contribution is 2.31. The van der Waals surface area contributed by atoms with E-state index in [0.717, 1.165) is 16.9 Å². The van der Waals surface area contributed by atoms with Gasteiger partial charge in [0, 0.05) is 6.54 Å². The Morgan fingerprint density at radius 1 is 1.17 bits per heavy atom. The Hall–Kier alpha value is -1.76. The molecule has 0 saturated heterocycles. The Morgan fingerprint density at radius 3 is 2.48 bits per heavy atom. The molecule has 1 aromatic heterocycles. The van der Waals surface area contributed by atoms with Gasteiger partial charge in [0.05, 0.1) is 24.1 Å². The van der Waals surface area contributed by atoms with Crippen molar-refractivity contribution in [3.05, 3.63) is 49.6 Å². The second-order valence-electron chi connectivity index (χ2n) is 4.45. The molecule has 2 aromatic rings. The number of esters is 1. The maximum Gasteiger partial charge on any atom is 0.341 e. The lowest BCUT2D eigenvalue weighted by molar-refractivity contribution is 0.0597. The largest absolute Gasteiger partial charge is 0.496 e. The normalized spacial score (nSPS) is 10.3. The van der Waals surface area contributed by atoms with Gasteiger partial charge in [0.25, 0.3) is 5.91 Å². The van der Waals surface area contributed by atoms with Gasteiger partial charge in [-0.3, -0.25) is 4.79 Å². The Kier molecular flexibility index (Phi) is 5.87. The second kappa shape index (κ2) is 7.68. The van der Waals surface area contributed by atoms with Crippen LogP contribution in [0.25, 0.3) is 0 Å². The van der Waals surface area contributed by atoms with Gasteiger partial charge in [0.1, 0.15) is 15.6 Å². The predicted molar refractivity (Wildman–Crippen MR) is 89.8 cm³/mol. The lowest BCUT2D eigenvalue weighted by Crippen LogP contribution is -2.22. The van der Waals surface area contributed by atoms with Crippen molar-refractivity contribution < 1.29 is 19.1 Å². The van der Waals surface area contributed by atoms with Gasteiger partial charge in [-0.05, 0) is 23.8 Å². The number of benzene rings is 1. The minimum atomic E-state index is -0.511. The zero-order valence-corrected chi connectivity index (χ0v) is 14.6. The van der Waals surface area contributed by atoms with Gasteiger partial charge in [-0.1, -0.05) is 29.3 Å². The van der Waals surface area contributed by atoms with Crippen molar-refractivity contribution in [3.63, 3.8) is 0 Å². The minimum absolute atomic E-state index is 0.219. The number of thiophene rings is 1. The molecule has 1 N–H and O–H groups in total. The van der Waals surface area contributed by atoms with Crippen LogP contribution in [0.1, 0.15) is 26.3 Å². The molecule has 1 heterocycles. The molecule has 0 aliphatic carbocycles. The fraction of sp³-hybridized carbons (Fsp3) is 0.200. The van der Waals surface area contributed by atoms with E-state index in [1.165, 1.54) is 20.3 Å². The molecule has 0 atom stereocenters. The summed E-state index contributed by atoms with van der Waals surface area (Å²) in [5, 5.41) is 2.72. The summed E-state index contributed by atoms with van der Waals surface area (Å²) in [6.07, 6.45) is 0. The van der Waals surface area contributed by atoms with Crippen molar-refractivity contribution in [2.75, 3.05) is 14.2 Å². The van der Waals surface area contributed by atoms with E-state index < -0.39 is 5.97 Å². The van der Waals surface area contributed by atoms with Gasteiger partial charge in [-0.25, -0.2) is 4.79 Å². The molecule has 2 rings (SSSR count). The number of halogens is 2. The highest BCUT2D eigenvalue weighted by molar-refractivity contribution is 7.20. The molecule has 0 aliphatic rings. The molecule has 0 aliphatic heterocycles. The van der Waals surface area contributed by atoms with Crippen LogP contribution >= 0.6 is 34.5 Å². The molecule has 0 bridgehead atoms. The molecular formula is C15H13Cl2NO4S. The summed E-state index contributed by atoms with van der Waals surface area (Å²) in [7, 11) is 2.75. The summed E-state index contributed by atoms with van der Waals surface area (Å²) in [6, 6.07) is 6.50. The maximum atomic E-state index is 12.1. The van der Waals surface area contributed by atoms with Crippen molar-refractivity contribution in [3.8, 4) is 5.75 Å². The minimum Gasteiger partial charge on any atom is -0.496 e. The number of nitrogens with one attached hydrogen (secondary N) is 1. The number of amides is 1. The van der Waals surface area contributed by atoms with Crippen LogP contribution in [0.15, 0.2) is 24.3 Å². The molecule has 122 valence electrons. The number of carbonyl (C=O) groups is 2. The highest BCUT2D eigenvalue weighted by Gasteiger charge is 2.16. The van der Waals surface area contributed by atoms with Crippen molar-refractivity contribution in [2.45, 2.75) is 6.54 Å². The Labute approximate surface area is 147 Å². The molecule has 23 heavy (non-hydrogen) atoms. The van der Waals surface area contributed by atoms with Crippen molar-refractivity contribution in [2.24, 2.45) is 0 Å². The highest BCUT2D eigenvalue weighted by atomic mass is 35.5. The Balaban J connectivity index is 2.13. The molecule has 0 saturated carbocycles. The average Bonchev–Trinajstić information content (AvgIpc) is 2.90. The molecule has 1 amide bonds. The first-order chi connectivity index (χ1) is 11.0. The van der Waals surface area contributed by atoms with E-state index in [-0.39, 0.29) is 12.5 Å². The number of rotatable bonds is 5. The van der Waals surface area contributed by atoms with E-state index in [4.69, 9.17) is 32.7 Å². The number of ether oxygens (including phenoxy) is 2. The van der Waals surface area contributed by atoms with E-state index >= 15 is 0 Å². The molecular weight excluding hydrogens is 361 g/mol. The first kappa shape index (κ1) is 17.6. The second-order valence-corrected chi connectivity index (χ2v) is 6.73. The standard InChI is InChI=1S/C15H13Cl2NO4S/c1-21-11-4-3-8(5-9(11)15(20)22-2)7-18-14(19)10-6-12(16)23-13(10)17/h3-6H,7H2,1-2H3,(H,18,19). The van der Waals surface area contributed by atoms with Gasteiger partial charge in [-0.2, -0.15) is 0 Å². The first-order valence-corrected chi connectivity index (χ1v) is 8.01. The van der Waals surface area contributed by atoms with Crippen LogP contribution in [-0.2, 0) is 11.3 Å². The molecule has 0 spiro atoms. The third-order valence-electron chi connectivity index (χ3n) is 3.02. The zero-order valence-electron chi connectivity index (χ0n) is 12.3. The van der Waals surface area contributed by atoms with Crippen molar-refractivity contribution >= 4 is 46.4 Å². The van der Waals surface area contributed by atoms with Crippen LogP contribution in [0.2, 0.25) is 8.67 Å². The lowest BCUT2D eigenvalue weighted by Gasteiger charge is -2.10. The third kappa shape index (κ3) is 4.16. The fourth-order valence-corrected chi connectivity index (χ4v) is 3.37. The van der Waals surface area contributed by atoms with E-state index in [1.54, 1.807) is 18.2 Å². The van der Waals surface area contributed by atoms with E-state index in [0.29, 0.717) is 25.5 Å². The smallest absolute Gasteiger partial charge is 0.341 e. The summed E-state index contributed by atoms with van der Waals surface area (Å²) in [6.45, 7) is 0.219. The van der Waals surface area contributed by atoms with Gasteiger partial charge < -0.3 is 14.8 Å². The summed E-state index contributed by atoms with van der Waals surface area (Å²) >= 11 is 12.9. The SMILES string of the molecule is COC(=O)c1cc(CNC(=O)c2cc(Cl)sc2Cl)ccc1OC. The lowest BCUT2D eigenvalue weighted by atomic mass is 10.1. The number of carbonyl (C=O) groups excluding carboxylic acids is 2. The number of methoxy groups -OCH3 is 2. The third-order valence-corrected chi connectivity index (χ3v) is 4.51. The molecule has 8 heteroatoms.